The zero-order valence-corrected chi connectivity index (χ0v) is 17.1. The molecular formula is C21H27N3O3S. The molecule has 28 heavy (non-hydrogen) atoms. The smallest absolute Gasteiger partial charge is 0.261 e. The molecule has 1 aromatic carbocycles. The highest BCUT2D eigenvalue weighted by molar-refractivity contribution is 7.12. The number of benzene rings is 1. The Morgan fingerprint density at radius 3 is 2.61 bits per heavy atom. The summed E-state index contributed by atoms with van der Waals surface area (Å²) in [6.07, 6.45) is 0.645. The van der Waals surface area contributed by atoms with Gasteiger partial charge < -0.3 is 15.4 Å². The molecule has 1 aliphatic rings. The number of amides is 2. The quantitative estimate of drug-likeness (QED) is 0.748. The van der Waals surface area contributed by atoms with E-state index in [9.17, 15) is 9.59 Å². The first kappa shape index (κ1) is 20.5. The van der Waals surface area contributed by atoms with Crippen LogP contribution in [0, 0.1) is 0 Å². The largest absolute Gasteiger partial charge is 0.373 e. The van der Waals surface area contributed by atoms with Crippen LogP contribution in [0.2, 0.25) is 0 Å². The molecular weight excluding hydrogens is 374 g/mol. The minimum atomic E-state index is -0.140. The Morgan fingerprint density at radius 1 is 1.14 bits per heavy atom. The van der Waals surface area contributed by atoms with Gasteiger partial charge in [0, 0.05) is 38.3 Å². The van der Waals surface area contributed by atoms with Crippen molar-refractivity contribution in [2.75, 3.05) is 25.0 Å². The number of nitrogens with one attached hydrogen (secondary N) is 2. The molecule has 1 aromatic heterocycles. The average Bonchev–Trinajstić information content (AvgIpc) is 3.17. The fraction of sp³-hybridized carbons (Fsp3) is 0.429. The molecule has 2 aromatic rings. The van der Waals surface area contributed by atoms with Gasteiger partial charge in [-0.2, -0.15) is 0 Å². The van der Waals surface area contributed by atoms with E-state index >= 15 is 0 Å². The van der Waals surface area contributed by atoms with Gasteiger partial charge in [-0.25, -0.2) is 0 Å². The number of hydrogen-bond donors (Lipinski definition) is 2. The predicted octanol–water partition coefficient (Wildman–Crippen LogP) is 3.12. The SMILES string of the molecule is CC1CN(Cc2ccccc2NC(=O)CCNC(=O)c2cccs2)CC(C)O1. The standard InChI is InChI=1S/C21H27N3O3S/c1-15-12-24(13-16(2)27-15)14-17-6-3-4-7-18(17)23-20(25)9-10-22-21(26)19-8-5-11-28-19/h3-8,11,15-16H,9-10,12-14H2,1-2H3,(H,22,26)(H,23,25). The molecule has 7 heteroatoms. The van der Waals surface area contributed by atoms with Gasteiger partial charge in [0.1, 0.15) is 0 Å². The number of carbonyl (C=O) groups is 2. The zero-order chi connectivity index (χ0) is 19.9. The third kappa shape index (κ3) is 5.89. The zero-order valence-electron chi connectivity index (χ0n) is 16.3. The lowest BCUT2D eigenvalue weighted by Crippen LogP contribution is -2.44. The molecule has 2 N–H and O–H groups in total. The van der Waals surface area contributed by atoms with Gasteiger partial charge in [-0.15, -0.1) is 11.3 Å². The van der Waals surface area contributed by atoms with E-state index in [2.05, 4.69) is 29.4 Å². The van der Waals surface area contributed by atoms with Crippen molar-refractivity contribution in [2.45, 2.75) is 39.0 Å². The van der Waals surface area contributed by atoms with E-state index in [1.165, 1.54) is 11.3 Å². The molecule has 150 valence electrons. The number of anilines is 1. The van der Waals surface area contributed by atoms with Crippen LogP contribution in [0.5, 0.6) is 0 Å². The number of morpholine rings is 1. The van der Waals surface area contributed by atoms with Gasteiger partial charge in [0.05, 0.1) is 17.1 Å². The van der Waals surface area contributed by atoms with Crippen molar-refractivity contribution in [2.24, 2.45) is 0 Å². The molecule has 6 nitrogen and oxygen atoms in total. The summed E-state index contributed by atoms with van der Waals surface area (Å²) < 4.78 is 5.79. The van der Waals surface area contributed by atoms with Gasteiger partial charge in [0.15, 0.2) is 0 Å². The molecule has 0 bridgehead atoms. The maximum atomic E-state index is 12.3. The lowest BCUT2D eigenvalue weighted by molar-refractivity contribution is -0.116. The lowest BCUT2D eigenvalue weighted by atomic mass is 10.1. The highest BCUT2D eigenvalue weighted by atomic mass is 32.1. The molecule has 3 rings (SSSR count). The molecule has 0 saturated carbocycles. The Hall–Kier alpha value is -2.22. The van der Waals surface area contributed by atoms with Gasteiger partial charge in [-0.05, 0) is 36.9 Å². The summed E-state index contributed by atoms with van der Waals surface area (Å²) in [7, 11) is 0. The van der Waals surface area contributed by atoms with E-state index in [4.69, 9.17) is 4.74 Å². The first-order chi connectivity index (χ1) is 13.5. The van der Waals surface area contributed by atoms with E-state index in [-0.39, 0.29) is 30.4 Å². The normalized spacial score (nSPS) is 19.9. The predicted molar refractivity (Wildman–Crippen MR) is 112 cm³/mol. The highest BCUT2D eigenvalue weighted by Crippen LogP contribution is 2.20. The summed E-state index contributed by atoms with van der Waals surface area (Å²) in [6.45, 7) is 7.00. The van der Waals surface area contributed by atoms with Gasteiger partial charge in [-0.3, -0.25) is 14.5 Å². The summed E-state index contributed by atoms with van der Waals surface area (Å²) in [5.41, 5.74) is 1.91. The van der Waals surface area contributed by atoms with Crippen molar-refractivity contribution >= 4 is 28.8 Å². The second-order valence-electron chi connectivity index (χ2n) is 7.14. The minimum absolute atomic E-state index is 0.109. The number of carbonyl (C=O) groups excluding carboxylic acids is 2. The number of para-hydroxylation sites is 1. The summed E-state index contributed by atoms with van der Waals surface area (Å²) in [5.74, 6) is -0.249. The second-order valence-corrected chi connectivity index (χ2v) is 8.09. The van der Waals surface area contributed by atoms with Gasteiger partial charge in [0.25, 0.3) is 5.91 Å². The van der Waals surface area contributed by atoms with Crippen LogP contribution in [0.1, 0.15) is 35.5 Å². The maximum absolute atomic E-state index is 12.3. The van der Waals surface area contributed by atoms with Crippen molar-refractivity contribution < 1.29 is 14.3 Å². The fourth-order valence-corrected chi connectivity index (χ4v) is 4.07. The average molecular weight is 402 g/mol. The maximum Gasteiger partial charge on any atom is 0.261 e. The molecule has 2 unspecified atom stereocenters. The number of rotatable bonds is 7. The van der Waals surface area contributed by atoms with E-state index in [1.807, 2.05) is 35.7 Å². The van der Waals surface area contributed by atoms with Crippen molar-refractivity contribution in [1.82, 2.24) is 10.2 Å². The van der Waals surface area contributed by atoms with Crippen LogP contribution in [-0.2, 0) is 16.1 Å². The van der Waals surface area contributed by atoms with E-state index in [1.54, 1.807) is 6.07 Å². The molecule has 2 heterocycles. The topological polar surface area (TPSA) is 70.7 Å². The minimum Gasteiger partial charge on any atom is -0.373 e. The number of thiophene rings is 1. The molecule has 1 fully saturated rings. The van der Waals surface area contributed by atoms with Gasteiger partial charge >= 0.3 is 0 Å². The van der Waals surface area contributed by atoms with E-state index in [0.29, 0.717) is 11.4 Å². The number of nitrogens with zero attached hydrogens (tertiary/aromatic N) is 1. The van der Waals surface area contributed by atoms with Crippen LogP contribution in [-0.4, -0.2) is 48.6 Å². The van der Waals surface area contributed by atoms with E-state index < -0.39 is 0 Å². The van der Waals surface area contributed by atoms with Crippen LogP contribution in [0.4, 0.5) is 5.69 Å². The second kappa shape index (κ2) is 9.82. The number of hydrogen-bond acceptors (Lipinski definition) is 5. The Kier molecular flexibility index (Phi) is 7.19. The first-order valence-corrected chi connectivity index (χ1v) is 10.5. The van der Waals surface area contributed by atoms with Crippen LogP contribution >= 0.6 is 11.3 Å². The molecule has 0 spiro atoms. The van der Waals surface area contributed by atoms with Crippen LogP contribution in [0.25, 0.3) is 0 Å². The monoisotopic (exact) mass is 401 g/mol. The Bertz CT molecular complexity index is 784. The number of ether oxygens (including phenoxy) is 1. The molecule has 1 saturated heterocycles. The van der Waals surface area contributed by atoms with Crippen molar-refractivity contribution in [3.63, 3.8) is 0 Å². The molecule has 2 amide bonds. The summed E-state index contributed by atoms with van der Waals surface area (Å²) >= 11 is 1.38. The van der Waals surface area contributed by atoms with Crippen molar-refractivity contribution in [3.8, 4) is 0 Å². The van der Waals surface area contributed by atoms with Crippen LogP contribution in [0.15, 0.2) is 41.8 Å². The third-order valence-electron chi connectivity index (χ3n) is 4.56. The van der Waals surface area contributed by atoms with Crippen LogP contribution in [0.3, 0.4) is 0 Å². The van der Waals surface area contributed by atoms with Crippen LogP contribution < -0.4 is 10.6 Å². The van der Waals surface area contributed by atoms with Crippen molar-refractivity contribution in [3.05, 3.63) is 52.2 Å². The summed E-state index contributed by atoms with van der Waals surface area (Å²) in [4.78, 5) is 27.3. The summed E-state index contributed by atoms with van der Waals surface area (Å²) in [6, 6.07) is 11.5. The Labute approximate surface area is 169 Å². The summed E-state index contributed by atoms with van der Waals surface area (Å²) in [5, 5.41) is 7.62. The van der Waals surface area contributed by atoms with E-state index in [0.717, 1.165) is 30.9 Å². The third-order valence-corrected chi connectivity index (χ3v) is 5.43. The Morgan fingerprint density at radius 2 is 1.89 bits per heavy atom. The lowest BCUT2D eigenvalue weighted by Gasteiger charge is -2.35. The van der Waals surface area contributed by atoms with Gasteiger partial charge in [-0.1, -0.05) is 24.3 Å². The molecule has 1 aliphatic heterocycles. The van der Waals surface area contributed by atoms with Gasteiger partial charge in [0.2, 0.25) is 5.91 Å². The molecule has 2 atom stereocenters. The van der Waals surface area contributed by atoms with Crippen molar-refractivity contribution in [1.29, 1.82) is 0 Å². The molecule has 0 aliphatic carbocycles. The first-order valence-electron chi connectivity index (χ1n) is 9.58. The Balaban J connectivity index is 1.51. The molecule has 0 radical (unpaired) electrons. The highest BCUT2D eigenvalue weighted by Gasteiger charge is 2.22. The fourth-order valence-electron chi connectivity index (χ4n) is 3.43.